The van der Waals surface area contributed by atoms with Crippen LogP contribution >= 0.6 is 0 Å². The average molecular weight is 1400 g/mol. The number of rotatable bonds is 27. The van der Waals surface area contributed by atoms with E-state index in [2.05, 4.69) is 0 Å². The van der Waals surface area contributed by atoms with Gasteiger partial charge in [-0.3, -0.25) is 0 Å². The predicted octanol–water partition coefficient (Wildman–Crippen LogP) is 11.8. The zero-order valence-corrected chi connectivity index (χ0v) is 56.0. The van der Waals surface area contributed by atoms with Gasteiger partial charge in [0.15, 0.2) is 55.7 Å². The van der Waals surface area contributed by atoms with Crippen LogP contribution in [-0.2, 0) is 95.6 Å². The van der Waals surface area contributed by atoms with Crippen molar-refractivity contribution in [3.8, 4) is 0 Å². The second kappa shape index (κ2) is 35.2. The summed E-state index contributed by atoms with van der Waals surface area (Å²) in [6.45, 7) is -0.983. The highest BCUT2D eigenvalue weighted by Crippen LogP contribution is 2.40. The van der Waals surface area contributed by atoms with Crippen LogP contribution < -0.4 is 0 Å². The molecule has 21 heteroatoms. The van der Waals surface area contributed by atoms with E-state index in [1.165, 1.54) is 43.5 Å². The lowest BCUT2D eigenvalue weighted by Crippen LogP contribution is -2.66. The molecule has 0 amide bonds. The van der Waals surface area contributed by atoms with E-state index in [1.807, 2.05) is 121 Å². The first kappa shape index (κ1) is 71.3. The van der Waals surface area contributed by atoms with Crippen LogP contribution in [0.1, 0.15) is 80.3 Å². The molecule has 9 aromatic carbocycles. The monoisotopic (exact) mass is 1400 g/mol. The molecule has 0 N–H and O–H groups in total. The number of ether oxygens (including phenoxy) is 16. The smallest absolute Gasteiger partial charge is 0.338 e. The summed E-state index contributed by atoms with van der Waals surface area (Å²) >= 11 is 0. The Morgan fingerprint density at radius 1 is 0.311 bits per heavy atom. The molecule has 4 aliphatic heterocycles. The van der Waals surface area contributed by atoms with Gasteiger partial charge in [0.1, 0.15) is 42.7 Å². The molecule has 530 valence electrons. The van der Waals surface area contributed by atoms with E-state index in [9.17, 15) is 24.0 Å². The lowest BCUT2D eigenvalue weighted by Gasteiger charge is -2.49. The van der Waals surface area contributed by atoms with Crippen molar-refractivity contribution in [1.29, 1.82) is 0 Å². The molecule has 4 saturated heterocycles. The van der Waals surface area contributed by atoms with Gasteiger partial charge < -0.3 is 75.8 Å². The summed E-state index contributed by atoms with van der Waals surface area (Å²) in [7, 11) is 1.48. The first-order valence-electron chi connectivity index (χ1n) is 33.9. The van der Waals surface area contributed by atoms with Crippen LogP contribution in [0.25, 0.3) is 0 Å². The van der Waals surface area contributed by atoms with Gasteiger partial charge in [0.05, 0.1) is 67.5 Å². The Bertz CT molecular complexity index is 4140. The molecular weight excluding hydrogens is 1320 g/mol. The van der Waals surface area contributed by atoms with Gasteiger partial charge >= 0.3 is 29.8 Å². The van der Waals surface area contributed by atoms with E-state index in [4.69, 9.17) is 75.8 Å². The largest absolute Gasteiger partial charge is 0.452 e. The van der Waals surface area contributed by atoms with Gasteiger partial charge in [-0.2, -0.15) is 0 Å². The van der Waals surface area contributed by atoms with Crippen molar-refractivity contribution in [3.05, 3.63) is 323 Å². The van der Waals surface area contributed by atoms with Crippen LogP contribution in [0.5, 0.6) is 0 Å². The summed E-state index contributed by atoms with van der Waals surface area (Å²) < 4.78 is 107. The molecule has 0 bridgehead atoms. The Morgan fingerprint density at radius 3 is 1.05 bits per heavy atom. The minimum absolute atomic E-state index is 0.0624. The molecule has 0 spiro atoms. The second-order valence-corrected chi connectivity index (χ2v) is 24.7. The Hall–Kier alpha value is -10.1. The van der Waals surface area contributed by atoms with Crippen LogP contribution in [-0.4, -0.2) is 149 Å². The second-order valence-electron chi connectivity index (χ2n) is 24.7. The molecular formula is C82H76O21. The fourth-order valence-electron chi connectivity index (χ4n) is 12.5. The standard InChI is InChI=1S/C82H76O21/c1-88-80-71(91-49-55-33-15-4-16-34-55)68(90-48-54-31-13-3-14-32-54)65(89-47-53-29-11-2-12-30-53)62(95-80)50-93-81-72(101-77(86)59-41-23-8-24-42-59)69(99-75(84)57-37-19-6-20-38-57)66(98-74(83)56-35-17-5-18-36-56)63(96-81)52-94-82-73(102-78(87)60-43-25-9-26-44-60)70(100-76(85)58-39-21-7-22-40-58)67-64(97-82)51-92-79(103-67)61-45-27-10-28-46-61/h2-46,62-73,79-82H,47-52H2,1H3/t62-,63-,64-,65-,66-,67+,68+,69+,70+,71-,72-,73-,79?,80+,81-,82-/m1/s1. The summed E-state index contributed by atoms with van der Waals surface area (Å²) in [5.41, 5.74) is 3.71. The molecule has 21 nitrogen and oxygen atoms in total. The molecule has 0 aromatic heterocycles. The van der Waals surface area contributed by atoms with Crippen LogP contribution in [0, 0.1) is 0 Å². The van der Waals surface area contributed by atoms with Crippen molar-refractivity contribution in [2.45, 2.75) is 118 Å². The molecule has 13 rings (SSSR count). The highest BCUT2D eigenvalue weighted by Gasteiger charge is 2.58. The molecule has 16 atom stereocenters. The maximum Gasteiger partial charge on any atom is 0.338 e. The molecule has 1 unspecified atom stereocenters. The van der Waals surface area contributed by atoms with Crippen molar-refractivity contribution in [3.63, 3.8) is 0 Å². The van der Waals surface area contributed by atoms with E-state index in [0.29, 0.717) is 5.56 Å². The average Bonchev–Trinajstić information content (AvgIpc) is 0.775. The summed E-state index contributed by atoms with van der Waals surface area (Å²) in [5.74, 6) is -4.40. The van der Waals surface area contributed by atoms with Crippen molar-refractivity contribution >= 4 is 29.8 Å². The Balaban J connectivity index is 0.899. The van der Waals surface area contributed by atoms with Crippen LogP contribution in [0.2, 0.25) is 0 Å². The van der Waals surface area contributed by atoms with Crippen molar-refractivity contribution in [1.82, 2.24) is 0 Å². The molecule has 4 aliphatic rings. The van der Waals surface area contributed by atoms with Gasteiger partial charge in [-0.15, -0.1) is 0 Å². The molecule has 0 radical (unpaired) electrons. The third-order valence-corrected chi connectivity index (χ3v) is 17.7. The fraction of sp³-hybridized carbons (Fsp3) is 0.280. The highest BCUT2D eigenvalue weighted by molar-refractivity contribution is 5.92. The molecule has 9 aromatic rings. The molecule has 4 heterocycles. The topological polar surface area (TPSA) is 233 Å². The first-order valence-corrected chi connectivity index (χ1v) is 33.9. The Labute approximate surface area is 595 Å². The summed E-state index contributed by atoms with van der Waals surface area (Å²) in [5, 5.41) is 0. The summed E-state index contributed by atoms with van der Waals surface area (Å²) in [4.78, 5) is 73.7. The minimum Gasteiger partial charge on any atom is -0.452 e. The van der Waals surface area contributed by atoms with Gasteiger partial charge in [0.25, 0.3) is 0 Å². The zero-order valence-electron chi connectivity index (χ0n) is 56.0. The number of hydrogen-bond donors (Lipinski definition) is 0. The number of esters is 5. The molecule has 0 saturated carbocycles. The number of methoxy groups -OCH3 is 1. The zero-order chi connectivity index (χ0) is 70.7. The Morgan fingerprint density at radius 2 is 0.631 bits per heavy atom. The number of fused-ring (bicyclic) bond motifs is 1. The third kappa shape index (κ3) is 18.2. The SMILES string of the molecule is CO[C@H]1O[C@H](CO[C@@H]2O[C@H](CO[C@@H]3O[C@@H]4COC(c5ccccc5)O[C@@H]4[C@H](OC(=O)c4ccccc4)[C@H]3OC(=O)c3ccccc3)[C@@H](OC(=O)c3ccccc3)[C@H](OC(=O)c3ccccc3)[C@H]2OC(=O)c2ccccc2)[C@@H](OCc2ccccc2)[C@H](OCc2ccccc2)[C@H]1OCc1ccccc1. The van der Waals surface area contributed by atoms with E-state index in [-0.39, 0.29) is 54.2 Å². The number of carbonyl (C=O) groups is 5. The van der Waals surface area contributed by atoms with E-state index in [0.717, 1.165) is 16.7 Å². The molecule has 103 heavy (non-hydrogen) atoms. The van der Waals surface area contributed by atoms with Gasteiger partial charge in [0, 0.05) is 12.7 Å². The van der Waals surface area contributed by atoms with Gasteiger partial charge in [-0.1, -0.05) is 212 Å². The minimum atomic E-state index is -1.82. The van der Waals surface area contributed by atoms with Crippen LogP contribution in [0.15, 0.2) is 273 Å². The van der Waals surface area contributed by atoms with Crippen LogP contribution in [0.3, 0.4) is 0 Å². The van der Waals surface area contributed by atoms with Crippen LogP contribution in [0.4, 0.5) is 0 Å². The van der Waals surface area contributed by atoms with E-state index >= 15 is 0 Å². The summed E-state index contributed by atoms with van der Waals surface area (Å²) in [6.07, 6.45) is -22.0. The molecule has 0 aliphatic carbocycles. The van der Waals surface area contributed by atoms with Gasteiger partial charge in [-0.05, 0) is 77.4 Å². The van der Waals surface area contributed by atoms with Crippen molar-refractivity contribution in [2.75, 3.05) is 26.9 Å². The van der Waals surface area contributed by atoms with E-state index < -0.39 is 141 Å². The van der Waals surface area contributed by atoms with Crippen molar-refractivity contribution in [2.24, 2.45) is 0 Å². The normalized spacial score (nSPS) is 25.9. The highest BCUT2D eigenvalue weighted by atomic mass is 16.8. The number of benzene rings is 9. The number of carbonyl (C=O) groups excluding carboxylic acids is 5. The Kier molecular flexibility index (Phi) is 24.4. The summed E-state index contributed by atoms with van der Waals surface area (Å²) in [6, 6.07) is 78.3. The maximum atomic E-state index is 14.9. The van der Waals surface area contributed by atoms with Gasteiger partial charge in [-0.25, -0.2) is 24.0 Å². The van der Waals surface area contributed by atoms with Gasteiger partial charge in [0.2, 0.25) is 0 Å². The lowest BCUT2D eigenvalue weighted by atomic mass is 9.96. The molecule has 4 fully saturated rings. The number of hydrogen-bond acceptors (Lipinski definition) is 21. The quantitative estimate of drug-likeness (QED) is 0.0344. The first-order chi connectivity index (χ1) is 50.6. The maximum absolute atomic E-state index is 14.9. The fourth-order valence-corrected chi connectivity index (χ4v) is 12.5. The van der Waals surface area contributed by atoms with Crippen molar-refractivity contribution < 1.29 is 99.8 Å². The van der Waals surface area contributed by atoms with E-state index in [1.54, 1.807) is 115 Å². The lowest BCUT2D eigenvalue weighted by molar-refractivity contribution is -0.368. The predicted molar refractivity (Wildman–Crippen MR) is 368 cm³/mol. The third-order valence-electron chi connectivity index (χ3n) is 17.7.